The second kappa shape index (κ2) is 19.2. The van der Waals surface area contributed by atoms with Crippen molar-refractivity contribution >= 4 is 44.9 Å². The molecule has 0 aliphatic heterocycles. The fourth-order valence-electron chi connectivity index (χ4n) is 12.8. The number of benzene rings is 11. The molecule has 0 aromatic heterocycles. The summed E-state index contributed by atoms with van der Waals surface area (Å²) in [5, 5.41) is 2.48. The van der Waals surface area contributed by atoms with Gasteiger partial charge in [-0.25, -0.2) is 0 Å². The van der Waals surface area contributed by atoms with Gasteiger partial charge in [0.15, 0.2) is 0 Å². The van der Waals surface area contributed by atoms with E-state index < -0.39 is 0 Å². The van der Waals surface area contributed by atoms with Crippen molar-refractivity contribution in [3.63, 3.8) is 0 Å². The van der Waals surface area contributed by atoms with Crippen molar-refractivity contribution in [3.8, 4) is 105 Å². The summed E-state index contributed by atoms with van der Waals surface area (Å²) in [6, 6.07) is 82.6. The first-order valence-electron chi connectivity index (χ1n) is 27.1. The zero-order chi connectivity index (χ0) is 54.9. The smallest absolute Gasteiger partial charge is 0.0543 e. The van der Waals surface area contributed by atoms with Crippen LogP contribution in [0.2, 0.25) is 0 Å². The summed E-state index contributed by atoms with van der Waals surface area (Å²) in [4.78, 5) is 4.78. The molecule has 11 aromatic carbocycles. The molecule has 2 heteroatoms. The van der Waals surface area contributed by atoms with Gasteiger partial charge in [-0.05, 0) is 180 Å². The predicted molar refractivity (Wildman–Crippen MR) is 336 cm³/mol. The highest BCUT2D eigenvalue weighted by atomic mass is 15.1. The molecule has 376 valence electrons. The second-order valence-corrected chi connectivity index (χ2v) is 21.8. The van der Waals surface area contributed by atoms with Gasteiger partial charge in [0.1, 0.15) is 0 Å². The Hall–Kier alpha value is -10.5. The van der Waals surface area contributed by atoms with E-state index in [1.54, 1.807) is 0 Å². The fourth-order valence-corrected chi connectivity index (χ4v) is 12.8. The molecule has 2 aliphatic carbocycles. The van der Waals surface area contributed by atoms with E-state index in [9.17, 15) is 0 Å². The van der Waals surface area contributed by atoms with E-state index >= 15 is 0 Å². The van der Waals surface area contributed by atoms with Gasteiger partial charge in [0.05, 0.1) is 5.69 Å². The van der Waals surface area contributed by atoms with E-state index in [1.807, 2.05) is 36.4 Å². The highest BCUT2D eigenvalue weighted by Gasteiger charge is 2.43. The Morgan fingerprint density at radius 1 is 0.300 bits per heavy atom. The number of anilines is 6. The van der Waals surface area contributed by atoms with E-state index in [0.29, 0.717) is 22.3 Å². The second-order valence-electron chi connectivity index (χ2n) is 21.8. The van der Waals surface area contributed by atoms with E-state index in [2.05, 4.69) is 255 Å². The monoisotopic (exact) mass is 1020 g/mol. The standard InChI is InChI=1S/C78H54N2/c1-9-51-27-25-39-62(60(51)11-3)64-43-41-54(46-68(64)63-40-26-28-52(10-2)61(63)12-4)53-29-24-36-58(45-53)79(55-30-16-13-17-31-55)59-42-44-65-69-48-73-70(49-72(69)77(5,6)71(65)47-59)76-67-38-23-22-37-66(67)75(50-74(76)78(73,7)8)80(56-32-18-14-19-33-56)57-34-20-15-21-35-57/h1-4,13-50H,5-8H3. The molecule has 0 N–H and O–H groups in total. The van der Waals surface area contributed by atoms with Crippen LogP contribution in [0.1, 0.15) is 72.2 Å². The number of hydrogen-bond donors (Lipinski definition) is 0. The average Bonchev–Trinajstić information content (AvgIpc) is 4.01. The highest BCUT2D eigenvalue weighted by molar-refractivity contribution is 6.10. The van der Waals surface area contributed by atoms with E-state index in [4.69, 9.17) is 25.7 Å². The van der Waals surface area contributed by atoms with Crippen molar-refractivity contribution in [2.45, 2.75) is 38.5 Å². The van der Waals surface area contributed by atoms with Crippen LogP contribution in [0.4, 0.5) is 34.1 Å². The Morgan fingerprint density at radius 2 is 0.775 bits per heavy atom. The topological polar surface area (TPSA) is 6.48 Å². The minimum Gasteiger partial charge on any atom is -0.310 e. The van der Waals surface area contributed by atoms with E-state index in [1.165, 1.54) is 61.0 Å². The highest BCUT2D eigenvalue weighted by Crippen LogP contribution is 2.59. The Morgan fingerprint density at radius 3 is 1.39 bits per heavy atom. The number of fused-ring (bicyclic) bond motifs is 8. The molecule has 0 amide bonds. The molecule has 0 radical (unpaired) electrons. The lowest BCUT2D eigenvalue weighted by atomic mass is 9.79. The molecule has 13 rings (SSSR count). The first-order valence-corrected chi connectivity index (χ1v) is 27.1. The Labute approximate surface area is 470 Å². The van der Waals surface area contributed by atoms with Crippen molar-refractivity contribution in [1.29, 1.82) is 0 Å². The SMILES string of the molecule is C#Cc1cccc(-c2ccc(-c3cccc(N(c4ccccc4)c4ccc5c(c4)C(C)(C)c4cc6c(cc4-5)C(C)(C)c4cc(N(c5ccccc5)c5ccccc5)c5ccccc5c4-6)c3)cc2-c2cccc(C#C)c2C#C)c1C#C. The molecular formula is C78H54N2. The quantitative estimate of drug-likeness (QED) is 0.133. The van der Waals surface area contributed by atoms with Crippen molar-refractivity contribution in [1.82, 2.24) is 0 Å². The molecule has 0 atom stereocenters. The third kappa shape index (κ3) is 7.74. The zero-order valence-electron chi connectivity index (χ0n) is 45.1. The molecule has 2 nitrogen and oxygen atoms in total. The normalized spacial score (nSPS) is 12.9. The number of para-hydroxylation sites is 3. The van der Waals surface area contributed by atoms with Crippen molar-refractivity contribution in [2.24, 2.45) is 0 Å². The number of hydrogen-bond acceptors (Lipinski definition) is 2. The van der Waals surface area contributed by atoms with E-state index in [-0.39, 0.29) is 10.8 Å². The molecule has 0 heterocycles. The average molecular weight is 1020 g/mol. The van der Waals surface area contributed by atoms with Gasteiger partial charge in [-0.15, -0.1) is 25.7 Å². The lowest BCUT2D eigenvalue weighted by Crippen LogP contribution is -2.18. The van der Waals surface area contributed by atoms with Crippen LogP contribution in [0.5, 0.6) is 0 Å². The van der Waals surface area contributed by atoms with Crippen LogP contribution in [0.3, 0.4) is 0 Å². The lowest BCUT2D eigenvalue weighted by Gasteiger charge is -2.29. The molecule has 0 unspecified atom stereocenters. The fraction of sp³-hybridized carbons (Fsp3) is 0.0769. The summed E-state index contributed by atoms with van der Waals surface area (Å²) < 4.78 is 0. The third-order valence-corrected chi connectivity index (χ3v) is 16.7. The van der Waals surface area contributed by atoms with Gasteiger partial charge in [-0.3, -0.25) is 0 Å². The van der Waals surface area contributed by atoms with Gasteiger partial charge < -0.3 is 9.80 Å². The van der Waals surface area contributed by atoms with Crippen molar-refractivity contribution < 1.29 is 0 Å². The summed E-state index contributed by atoms with van der Waals surface area (Å²) in [5.41, 5.74) is 24.6. The van der Waals surface area contributed by atoms with Crippen LogP contribution in [-0.2, 0) is 10.8 Å². The Bertz CT molecular complexity index is 4470. The Kier molecular flexibility index (Phi) is 11.8. The molecule has 0 saturated carbocycles. The summed E-state index contributed by atoms with van der Waals surface area (Å²) >= 11 is 0. The van der Waals surface area contributed by atoms with Crippen molar-refractivity contribution in [2.75, 3.05) is 9.80 Å². The largest absolute Gasteiger partial charge is 0.310 e. The van der Waals surface area contributed by atoms with Crippen LogP contribution >= 0.6 is 0 Å². The van der Waals surface area contributed by atoms with Crippen LogP contribution in [-0.4, -0.2) is 0 Å². The molecule has 2 aliphatic rings. The van der Waals surface area contributed by atoms with Gasteiger partial charge in [0, 0.05) is 66.9 Å². The number of rotatable bonds is 9. The van der Waals surface area contributed by atoms with Gasteiger partial charge in [-0.1, -0.05) is 185 Å². The summed E-state index contributed by atoms with van der Waals surface area (Å²) in [6.45, 7) is 9.59. The molecule has 80 heavy (non-hydrogen) atoms. The number of terminal acetylenes is 4. The molecule has 0 spiro atoms. The Balaban J connectivity index is 0.923. The first kappa shape index (κ1) is 49.1. The lowest BCUT2D eigenvalue weighted by molar-refractivity contribution is 0.652. The van der Waals surface area contributed by atoms with Crippen LogP contribution in [0.25, 0.3) is 66.4 Å². The van der Waals surface area contributed by atoms with Crippen LogP contribution in [0.15, 0.2) is 231 Å². The van der Waals surface area contributed by atoms with E-state index in [0.717, 1.165) is 61.8 Å². The minimum absolute atomic E-state index is 0.284. The zero-order valence-corrected chi connectivity index (χ0v) is 45.1. The minimum atomic E-state index is -0.314. The molecule has 0 bridgehead atoms. The number of nitrogens with zero attached hydrogens (tertiary/aromatic N) is 2. The van der Waals surface area contributed by atoms with Crippen LogP contribution < -0.4 is 9.80 Å². The molecular weight excluding hydrogens is 965 g/mol. The molecule has 0 saturated heterocycles. The predicted octanol–water partition coefficient (Wildman–Crippen LogP) is 19.3. The molecule has 0 fully saturated rings. The van der Waals surface area contributed by atoms with Crippen LogP contribution in [0, 0.1) is 49.4 Å². The maximum Gasteiger partial charge on any atom is 0.0543 e. The maximum absolute atomic E-state index is 6.24. The summed E-state index contributed by atoms with van der Waals surface area (Å²) in [6.07, 6.45) is 24.4. The maximum atomic E-state index is 6.24. The third-order valence-electron chi connectivity index (χ3n) is 16.7. The van der Waals surface area contributed by atoms with Crippen molar-refractivity contribution in [3.05, 3.63) is 275 Å². The van der Waals surface area contributed by atoms with Gasteiger partial charge in [0.25, 0.3) is 0 Å². The first-order chi connectivity index (χ1) is 39.0. The summed E-state index contributed by atoms with van der Waals surface area (Å²) in [5.74, 6) is 11.4. The molecule has 11 aromatic rings. The van der Waals surface area contributed by atoms with Gasteiger partial charge in [-0.2, -0.15) is 0 Å². The van der Waals surface area contributed by atoms with Gasteiger partial charge in [0.2, 0.25) is 0 Å². The van der Waals surface area contributed by atoms with Gasteiger partial charge >= 0.3 is 0 Å². The summed E-state index contributed by atoms with van der Waals surface area (Å²) in [7, 11) is 0.